The number of ether oxygens (including phenoxy) is 1. The molecule has 4 rings (SSSR count). The molecular weight excluding hydrogens is 558 g/mol. The summed E-state index contributed by atoms with van der Waals surface area (Å²) in [4.78, 5) is 57.2. The highest BCUT2D eigenvalue weighted by molar-refractivity contribution is 6.33. The number of fused-ring (bicyclic) bond motifs is 1. The minimum Gasteiger partial charge on any atom is -0.481 e. The van der Waals surface area contributed by atoms with E-state index in [2.05, 4.69) is 26.9 Å². The fourth-order valence-electron chi connectivity index (χ4n) is 4.80. The van der Waals surface area contributed by atoms with Crippen LogP contribution in [-0.2, 0) is 27.3 Å². The van der Waals surface area contributed by atoms with Crippen LogP contribution in [0.4, 0.5) is 0 Å². The van der Waals surface area contributed by atoms with Crippen LogP contribution in [-0.4, -0.2) is 103 Å². The van der Waals surface area contributed by atoms with Crippen molar-refractivity contribution < 1.29 is 34.4 Å². The Morgan fingerprint density at radius 3 is 2.39 bits per heavy atom. The lowest BCUT2D eigenvalue weighted by Crippen LogP contribution is -2.45. The molecular formula is C27H32ClN5O8. The molecule has 3 aromatic rings. The molecule has 13 nitrogen and oxygen atoms in total. The van der Waals surface area contributed by atoms with Crippen LogP contribution in [0.1, 0.15) is 25.5 Å². The zero-order chi connectivity index (χ0) is 29.9. The second-order valence-electron chi connectivity index (χ2n) is 10.1. The molecule has 1 aliphatic rings. The van der Waals surface area contributed by atoms with Crippen molar-refractivity contribution in [3.05, 3.63) is 45.2 Å². The number of rotatable bonds is 11. The number of hydrogen-bond acceptors (Lipinski definition) is 9. The molecule has 1 aliphatic heterocycles. The number of aromatic nitrogens is 3. The highest BCUT2D eigenvalue weighted by Gasteiger charge is 2.42. The quantitative estimate of drug-likeness (QED) is 0.238. The van der Waals surface area contributed by atoms with Gasteiger partial charge in [0.1, 0.15) is 5.65 Å². The average Bonchev–Trinajstić information content (AvgIpc) is 3.27. The molecule has 1 aromatic carbocycles. The van der Waals surface area contributed by atoms with E-state index in [9.17, 15) is 29.4 Å². The second-order valence-corrected chi connectivity index (χ2v) is 10.5. The molecule has 41 heavy (non-hydrogen) atoms. The Balaban J connectivity index is 1.78. The van der Waals surface area contributed by atoms with Gasteiger partial charge >= 0.3 is 17.9 Å². The first-order chi connectivity index (χ1) is 19.4. The summed E-state index contributed by atoms with van der Waals surface area (Å²) >= 11 is 6.44. The SMILES string of the molecule is CCc1nn(CCN2CCN(C)CC2)c2[nH]c(-c3ccccc3Cl)c(OC(=O)CC(O)(CC(=O)O)C(=O)O)c(=O)c12. The standard InChI is InChI=1S/C27H32ClN5O8/c1-3-18-21-23(37)24(41-20(36)15-27(40,26(38)39)14-19(34)35)22(16-6-4-5-7-17(16)28)29-25(21)33(30-18)13-12-32-10-8-31(2)9-11-32/h4-7,40H,3,8-15H2,1-2H3,(H,29,37)(H,34,35)(H,38,39). The lowest BCUT2D eigenvalue weighted by molar-refractivity contribution is -0.169. The highest BCUT2D eigenvalue weighted by Crippen LogP contribution is 2.34. The maximum Gasteiger partial charge on any atom is 0.336 e. The molecule has 4 N–H and O–H groups in total. The summed E-state index contributed by atoms with van der Waals surface area (Å²) in [5.41, 5.74) is -2.35. The average molecular weight is 590 g/mol. The molecule has 220 valence electrons. The fraction of sp³-hybridized carbons (Fsp3) is 0.444. The summed E-state index contributed by atoms with van der Waals surface area (Å²) in [6, 6.07) is 6.56. The monoisotopic (exact) mass is 589 g/mol. The number of nitrogens with zero attached hydrogens (tertiary/aromatic N) is 4. The number of halogens is 1. The van der Waals surface area contributed by atoms with Crippen molar-refractivity contribution in [3.63, 3.8) is 0 Å². The van der Waals surface area contributed by atoms with E-state index in [4.69, 9.17) is 21.4 Å². The first-order valence-corrected chi connectivity index (χ1v) is 13.5. The molecule has 14 heteroatoms. The number of carboxylic acids is 2. The second kappa shape index (κ2) is 12.4. The summed E-state index contributed by atoms with van der Waals surface area (Å²) in [5, 5.41) is 33.8. The van der Waals surface area contributed by atoms with Crippen molar-refractivity contribution >= 4 is 40.5 Å². The minimum absolute atomic E-state index is 0.0574. The van der Waals surface area contributed by atoms with Crippen LogP contribution >= 0.6 is 11.6 Å². The van der Waals surface area contributed by atoms with Crippen molar-refractivity contribution in [1.82, 2.24) is 24.6 Å². The van der Waals surface area contributed by atoms with Gasteiger partial charge in [-0.2, -0.15) is 5.10 Å². The van der Waals surface area contributed by atoms with Crippen LogP contribution in [0.5, 0.6) is 5.75 Å². The molecule has 1 saturated heterocycles. The van der Waals surface area contributed by atoms with E-state index in [1.807, 2.05) is 6.92 Å². The number of aliphatic hydroxyl groups is 1. The molecule has 1 fully saturated rings. The van der Waals surface area contributed by atoms with Gasteiger partial charge in [-0.25, -0.2) is 9.48 Å². The summed E-state index contributed by atoms with van der Waals surface area (Å²) < 4.78 is 7.09. The van der Waals surface area contributed by atoms with Crippen LogP contribution in [0.3, 0.4) is 0 Å². The molecule has 1 unspecified atom stereocenters. The molecule has 0 amide bonds. The van der Waals surface area contributed by atoms with Gasteiger partial charge in [-0.05, 0) is 19.5 Å². The number of hydrogen-bond donors (Lipinski definition) is 4. The van der Waals surface area contributed by atoms with Crippen molar-refractivity contribution in [2.24, 2.45) is 0 Å². The maximum atomic E-state index is 13.9. The number of carbonyl (C=O) groups excluding carboxylic acids is 1. The third-order valence-corrected chi connectivity index (χ3v) is 7.45. The van der Waals surface area contributed by atoms with Crippen LogP contribution in [0.25, 0.3) is 22.3 Å². The predicted octanol–water partition coefficient (Wildman–Crippen LogP) is 1.44. The number of benzene rings is 1. The third kappa shape index (κ3) is 6.59. The van der Waals surface area contributed by atoms with Gasteiger partial charge in [-0.1, -0.05) is 36.7 Å². The molecule has 3 heterocycles. The van der Waals surface area contributed by atoms with E-state index < -0.39 is 47.5 Å². The molecule has 1 atom stereocenters. The Kier molecular flexibility index (Phi) is 9.12. The van der Waals surface area contributed by atoms with E-state index >= 15 is 0 Å². The van der Waals surface area contributed by atoms with Gasteiger partial charge in [0, 0.05) is 38.3 Å². The number of H-pyrrole nitrogens is 1. The lowest BCUT2D eigenvalue weighted by atomic mass is 9.96. The van der Waals surface area contributed by atoms with Gasteiger partial charge in [-0.15, -0.1) is 0 Å². The van der Waals surface area contributed by atoms with E-state index in [1.54, 1.807) is 28.9 Å². The Bertz CT molecular complexity index is 1530. The number of carboxylic acid groups (broad SMARTS) is 2. The molecule has 0 radical (unpaired) electrons. The summed E-state index contributed by atoms with van der Waals surface area (Å²) in [7, 11) is 2.08. The molecule has 0 spiro atoms. The minimum atomic E-state index is -2.94. The number of esters is 1. The first-order valence-electron chi connectivity index (χ1n) is 13.1. The topological polar surface area (TPSA) is 178 Å². The molecule has 0 aliphatic carbocycles. The number of piperazine rings is 1. The number of aromatic amines is 1. The number of nitrogens with one attached hydrogen (secondary N) is 1. The summed E-state index contributed by atoms with van der Waals surface area (Å²) in [5.74, 6) is -5.32. The van der Waals surface area contributed by atoms with Crippen LogP contribution in [0.2, 0.25) is 5.02 Å². The maximum absolute atomic E-state index is 13.9. The van der Waals surface area contributed by atoms with Crippen molar-refractivity contribution in [3.8, 4) is 17.0 Å². The van der Waals surface area contributed by atoms with Gasteiger partial charge in [0.25, 0.3) is 0 Å². The number of aliphatic carboxylic acids is 2. The molecule has 0 bridgehead atoms. The first kappa shape index (κ1) is 30.2. The zero-order valence-corrected chi connectivity index (χ0v) is 23.5. The van der Waals surface area contributed by atoms with Gasteiger partial charge in [0.2, 0.25) is 11.2 Å². The number of likely N-dealkylation sites (N-methyl/N-ethyl adjacent to an activating group) is 1. The van der Waals surface area contributed by atoms with E-state index in [0.29, 0.717) is 36.4 Å². The Labute approximate surface area is 239 Å². The van der Waals surface area contributed by atoms with E-state index in [-0.39, 0.29) is 16.1 Å². The smallest absolute Gasteiger partial charge is 0.336 e. The lowest BCUT2D eigenvalue weighted by Gasteiger charge is -2.32. The third-order valence-electron chi connectivity index (χ3n) is 7.13. The molecule has 0 saturated carbocycles. The Hall–Kier alpha value is -3.78. The van der Waals surface area contributed by atoms with Gasteiger partial charge < -0.3 is 29.9 Å². The van der Waals surface area contributed by atoms with E-state index in [1.165, 1.54) is 0 Å². The highest BCUT2D eigenvalue weighted by atomic mass is 35.5. The number of pyridine rings is 1. The van der Waals surface area contributed by atoms with Crippen molar-refractivity contribution in [2.45, 2.75) is 38.3 Å². The van der Waals surface area contributed by atoms with E-state index in [0.717, 1.165) is 26.2 Å². The zero-order valence-electron chi connectivity index (χ0n) is 22.7. The van der Waals surface area contributed by atoms with Gasteiger partial charge in [0.15, 0.2) is 5.60 Å². The number of aryl methyl sites for hydroxylation is 1. The van der Waals surface area contributed by atoms with Crippen LogP contribution in [0, 0.1) is 0 Å². The summed E-state index contributed by atoms with van der Waals surface area (Å²) in [6.07, 6.45) is -2.06. The molecule has 2 aromatic heterocycles. The Morgan fingerprint density at radius 1 is 1.10 bits per heavy atom. The fourth-order valence-corrected chi connectivity index (χ4v) is 5.03. The van der Waals surface area contributed by atoms with Gasteiger partial charge in [-0.3, -0.25) is 19.3 Å². The Morgan fingerprint density at radius 2 is 1.78 bits per heavy atom. The van der Waals surface area contributed by atoms with Crippen molar-refractivity contribution in [2.75, 3.05) is 39.8 Å². The number of carbonyl (C=O) groups is 3. The van der Waals surface area contributed by atoms with Gasteiger partial charge in [0.05, 0.1) is 41.2 Å². The summed E-state index contributed by atoms with van der Waals surface area (Å²) in [6.45, 7) is 6.73. The predicted molar refractivity (Wildman–Crippen MR) is 149 cm³/mol. The van der Waals surface area contributed by atoms with Crippen molar-refractivity contribution in [1.29, 1.82) is 0 Å². The largest absolute Gasteiger partial charge is 0.481 e. The normalized spacial score (nSPS) is 16.0. The van der Waals surface area contributed by atoms with Crippen LogP contribution in [0.15, 0.2) is 29.1 Å². The van der Waals surface area contributed by atoms with Crippen LogP contribution < -0.4 is 10.2 Å².